The second kappa shape index (κ2) is 7.51. The molecule has 2 aromatic rings. The van der Waals surface area contributed by atoms with Gasteiger partial charge in [0.15, 0.2) is 5.17 Å². The molecule has 0 saturated carbocycles. The Labute approximate surface area is 150 Å². The zero-order valence-electron chi connectivity index (χ0n) is 13.0. The Balaban J connectivity index is 1.73. The van der Waals surface area contributed by atoms with Gasteiger partial charge in [0.2, 0.25) is 0 Å². The SMILES string of the molecule is Cc1ccc(N=C2NC(=O)C(=CC=Cc3ccccc3)S2)cc1Cl. The summed E-state index contributed by atoms with van der Waals surface area (Å²) in [7, 11) is 0. The summed E-state index contributed by atoms with van der Waals surface area (Å²) in [4.78, 5) is 17.0. The average Bonchev–Trinajstić information content (AvgIpc) is 2.92. The first-order valence-corrected chi connectivity index (χ1v) is 8.59. The molecule has 0 unspecified atom stereocenters. The number of carbonyl (C=O) groups excluding carboxylic acids is 1. The summed E-state index contributed by atoms with van der Waals surface area (Å²) in [5, 5.41) is 3.98. The maximum atomic E-state index is 12.0. The number of amidine groups is 1. The average molecular weight is 355 g/mol. The number of aryl methyl sites for hydroxylation is 1. The predicted octanol–water partition coefficient (Wildman–Crippen LogP) is 5.10. The van der Waals surface area contributed by atoms with E-state index in [0.29, 0.717) is 15.1 Å². The molecular weight excluding hydrogens is 340 g/mol. The fourth-order valence-electron chi connectivity index (χ4n) is 2.07. The van der Waals surface area contributed by atoms with Crippen molar-refractivity contribution in [3.8, 4) is 0 Å². The predicted molar refractivity (Wildman–Crippen MR) is 103 cm³/mol. The van der Waals surface area contributed by atoms with Crippen LogP contribution >= 0.6 is 23.4 Å². The van der Waals surface area contributed by atoms with Crippen LogP contribution in [0.2, 0.25) is 5.02 Å². The van der Waals surface area contributed by atoms with Gasteiger partial charge in [-0.15, -0.1) is 0 Å². The Kier molecular flexibility index (Phi) is 5.18. The third-order valence-corrected chi connectivity index (χ3v) is 4.71. The zero-order chi connectivity index (χ0) is 16.9. The summed E-state index contributed by atoms with van der Waals surface area (Å²) in [5.41, 5.74) is 2.80. The topological polar surface area (TPSA) is 41.5 Å². The van der Waals surface area contributed by atoms with Crippen molar-refractivity contribution in [3.05, 3.63) is 81.7 Å². The van der Waals surface area contributed by atoms with Gasteiger partial charge in [-0.1, -0.05) is 60.2 Å². The molecule has 1 saturated heterocycles. The molecule has 1 aliphatic rings. The molecule has 24 heavy (non-hydrogen) atoms. The van der Waals surface area contributed by atoms with E-state index in [-0.39, 0.29) is 5.91 Å². The van der Waals surface area contributed by atoms with E-state index in [9.17, 15) is 4.79 Å². The van der Waals surface area contributed by atoms with Crippen LogP contribution in [0.15, 0.2) is 70.6 Å². The fourth-order valence-corrected chi connectivity index (χ4v) is 3.04. The van der Waals surface area contributed by atoms with Crippen LogP contribution in [0.4, 0.5) is 5.69 Å². The van der Waals surface area contributed by atoms with Crippen LogP contribution < -0.4 is 5.32 Å². The third-order valence-electron chi connectivity index (χ3n) is 3.37. The first-order chi connectivity index (χ1) is 11.6. The molecule has 2 aromatic carbocycles. The summed E-state index contributed by atoms with van der Waals surface area (Å²) in [5.74, 6) is -0.144. The molecule has 1 aliphatic heterocycles. The maximum Gasteiger partial charge on any atom is 0.264 e. The number of allylic oxidation sites excluding steroid dienone is 2. The van der Waals surface area contributed by atoms with Crippen LogP contribution in [-0.4, -0.2) is 11.1 Å². The zero-order valence-corrected chi connectivity index (χ0v) is 14.6. The molecule has 1 N–H and O–H groups in total. The van der Waals surface area contributed by atoms with Crippen molar-refractivity contribution in [1.29, 1.82) is 0 Å². The summed E-state index contributed by atoms with van der Waals surface area (Å²) in [6.07, 6.45) is 5.61. The van der Waals surface area contributed by atoms with Crippen LogP contribution in [0, 0.1) is 6.92 Å². The molecule has 0 spiro atoms. The Morgan fingerprint density at radius 3 is 2.71 bits per heavy atom. The summed E-state index contributed by atoms with van der Waals surface area (Å²) >= 11 is 7.41. The van der Waals surface area contributed by atoms with Crippen molar-refractivity contribution in [2.75, 3.05) is 0 Å². The fraction of sp³-hybridized carbons (Fsp3) is 0.0526. The van der Waals surface area contributed by atoms with Gasteiger partial charge >= 0.3 is 0 Å². The molecule has 1 heterocycles. The molecule has 0 radical (unpaired) electrons. The van der Waals surface area contributed by atoms with E-state index < -0.39 is 0 Å². The molecule has 120 valence electrons. The number of hydrogen-bond acceptors (Lipinski definition) is 3. The molecule has 0 bridgehead atoms. The van der Waals surface area contributed by atoms with Crippen molar-refractivity contribution in [1.82, 2.24) is 5.32 Å². The Morgan fingerprint density at radius 1 is 1.17 bits per heavy atom. The van der Waals surface area contributed by atoms with Crippen LogP contribution in [0.3, 0.4) is 0 Å². The number of thioether (sulfide) groups is 1. The summed E-state index contributed by atoms with van der Waals surface area (Å²) in [6.45, 7) is 1.94. The van der Waals surface area contributed by atoms with Crippen molar-refractivity contribution >= 4 is 46.2 Å². The molecule has 1 fully saturated rings. The number of rotatable bonds is 3. The first-order valence-electron chi connectivity index (χ1n) is 7.39. The lowest BCUT2D eigenvalue weighted by molar-refractivity contribution is -0.115. The van der Waals surface area contributed by atoms with Crippen molar-refractivity contribution in [2.45, 2.75) is 6.92 Å². The number of halogens is 1. The molecular formula is C19H15ClN2OS. The Bertz CT molecular complexity index is 857. The van der Waals surface area contributed by atoms with E-state index in [1.807, 2.05) is 61.5 Å². The first kappa shape index (κ1) is 16.6. The monoisotopic (exact) mass is 354 g/mol. The lowest BCUT2D eigenvalue weighted by Gasteiger charge is -2.00. The normalized spacial score (nSPS) is 17.8. The highest BCUT2D eigenvalue weighted by Gasteiger charge is 2.23. The number of carbonyl (C=O) groups is 1. The van der Waals surface area contributed by atoms with Crippen LogP contribution in [0.5, 0.6) is 0 Å². The van der Waals surface area contributed by atoms with E-state index in [0.717, 1.165) is 16.8 Å². The molecule has 0 aromatic heterocycles. The highest BCUT2D eigenvalue weighted by atomic mass is 35.5. The maximum absolute atomic E-state index is 12.0. The highest BCUT2D eigenvalue weighted by Crippen LogP contribution is 2.28. The van der Waals surface area contributed by atoms with Gasteiger partial charge in [0.1, 0.15) is 0 Å². The van der Waals surface area contributed by atoms with E-state index in [1.165, 1.54) is 11.8 Å². The number of hydrogen-bond donors (Lipinski definition) is 1. The smallest absolute Gasteiger partial charge is 0.264 e. The number of nitrogens with zero attached hydrogens (tertiary/aromatic N) is 1. The highest BCUT2D eigenvalue weighted by molar-refractivity contribution is 8.18. The summed E-state index contributed by atoms with van der Waals surface area (Å²) < 4.78 is 0. The second-order valence-electron chi connectivity index (χ2n) is 5.21. The molecule has 3 rings (SSSR count). The minimum Gasteiger partial charge on any atom is -0.300 e. The minimum atomic E-state index is -0.144. The van der Waals surface area contributed by atoms with Crippen molar-refractivity contribution < 1.29 is 4.79 Å². The molecule has 5 heteroatoms. The molecule has 1 amide bonds. The number of benzene rings is 2. The largest absolute Gasteiger partial charge is 0.300 e. The molecule has 3 nitrogen and oxygen atoms in total. The Hall–Kier alpha value is -2.30. The third kappa shape index (κ3) is 4.16. The lowest BCUT2D eigenvalue weighted by atomic mass is 10.2. The molecule has 0 atom stereocenters. The lowest BCUT2D eigenvalue weighted by Crippen LogP contribution is -2.19. The van der Waals surface area contributed by atoms with Gasteiger partial charge in [-0.05, 0) is 48.0 Å². The summed E-state index contributed by atoms with van der Waals surface area (Å²) in [6, 6.07) is 15.5. The van der Waals surface area contributed by atoms with Crippen LogP contribution in [0.1, 0.15) is 11.1 Å². The second-order valence-corrected chi connectivity index (χ2v) is 6.65. The van der Waals surface area contributed by atoms with Gasteiger partial charge in [0, 0.05) is 5.02 Å². The quantitative estimate of drug-likeness (QED) is 0.779. The van der Waals surface area contributed by atoms with E-state index >= 15 is 0 Å². The van der Waals surface area contributed by atoms with E-state index in [1.54, 1.807) is 12.1 Å². The number of aliphatic imine (C=N–C) groups is 1. The van der Waals surface area contributed by atoms with Crippen molar-refractivity contribution in [3.63, 3.8) is 0 Å². The van der Waals surface area contributed by atoms with Crippen molar-refractivity contribution in [2.24, 2.45) is 4.99 Å². The standard InChI is InChI=1S/C19H15ClN2OS/c1-13-10-11-15(12-16(13)20)21-19-22-18(23)17(24-19)9-5-8-14-6-3-2-4-7-14/h2-12H,1H3,(H,21,22,23). The minimum absolute atomic E-state index is 0.144. The van der Waals surface area contributed by atoms with E-state index in [2.05, 4.69) is 10.3 Å². The van der Waals surface area contributed by atoms with E-state index in [4.69, 9.17) is 11.6 Å². The van der Waals surface area contributed by atoms with Gasteiger partial charge < -0.3 is 5.32 Å². The van der Waals surface area contributed by atoms with Crippen LogP contribution in [-0.2, 0) is 4.79 Å². The van der Waals surface area contributed by atoms with Gasteiger partial charge in [-0.3, -0.25) is 4.79 Å². The number of amides is 1. The number of nitrogens with one attached hydrogen (secondary N) is 1. The Morgan fingerprint density at radius 2 is 1.96 bits per heavy atom. The molecule has 0 aliphatic carbocycles. The van der Waals surface area contributed by atoms with Gasteiger partial charge in [0.05, 0.1) is 10.6 Å². The van der Waals surface area contributed by atoms with Gasteiger partial charge in [0.25, 0.3) is 5.91 Å². The van der Waals surface area contributed by atoms with Crippen LogP contribution in [0.25, 0.3) is 6.08 Å². The van der Waals surface area contributed by atoms with Gasteiger partial charge in [-0.2, -0.15) is 0 Å². The van der Waals surface area contributed by atoms with Gasteiger partial charge in [-0.25, -0.2) is 4.99 Å².